The van der Waals surface area contributed by atoms with Crippen molar-refractivity contribution in [3.8, 4) is 0 Å². The van der Waals surface area contributed by atoms with E-state index >= 15 is 0 Å². The molecule has 1 amide bonds. The number of nitrogens with one attached hydrogen (secondary N) is 1. The number of aliphatic hydroxyl groups excluding tert-OH is 1. The Kier molecular flexibility index (Phi) is 18.2. The minimum absolute atomic E-state index is 0.0342. The lowest BCUT2D eigenvalue weighted by Gasteiger charge is -2.21. The molecule has 2 atom stereocenters. The van der Waals surface area contributed by atoms with Gasteiger partial charge >= 0.3 is 5.97 Å². The quantitative estimate of drug-likeness (QED) is 0.219. The Morgan fingerprint density at radius 3 is 1.72 bits per heavy atom. The summed E-state index contributed by atoms with van der Waals surface area (Å²) < 4.78 is 0. The van der Waals surface area contributed by atoms with Gasteiger partial charge in [0.05, 0.1) is 0 Å². The first-order chi connectivity index (χ1) is 13.9. The second kappa shape index (κ2) is 18.9. The predicted octanol–water partition coefficient (Wildman–Crippen LogP) is 5.83. The van der Waals surface area contributed by atoms with Crippen molar-refractivity contribution >= 4 is 11.9 Å². The Morgan fingerprint density at radius 2 is 1.28 bits per heavy atom. The van der Waals surface area contributed by atoms with E-state index in [0.29, 0.717) is 18.8 Å². The topological polar surface area (TPSA) is 86.6 Å². The molecular formula is C24H47NO4. The van der Waals surface area contributed by atoms with Crippen molar-refractivity contribution in [1.82, 2.24) is 5.32 Å². The SMILES string of the molecule is CCCCCCCCCCCCCCC(O)C(=O)N[C@H](CCC(=O)O)CC(C)C. The number of hydrogen-bond acceptors (Lipinski definition) is 3. The van der Waals surface area contributed by atoms with Crippen LogP contribution in [0.2, 0.25) is 0 Å². The smallest absolute Gasteiger partial charge is 0.303 e. The summed E-state index contributed by atoms with van der Waals surface area (Å²) in [6.07, 6.45) is 15.7. The van der Waals surface area contributed by atoms with Gasteiger partial charge in [-0.05, 0) is 25.2 Å². The third-order valence-electron chi connectivity index (χ3n) is 5.44. The Labute approximate surface area is 179 Å². The summed E-state index contributed by atoms with van der Waals surface area (Å²) in [5, 5.41) is 21.8. The summed E-state index contributed by atoms with van der Waals surface area (Å²) in [6, 6.07) is -0.185. The van der Waals surface area contributed by atoms with Gasteiger partial charge in [0.2, 0.25) is 5.91 Å². The highest BCUT2D eigenvalue weighted by Gasteiger charge is 2.20. The van der Waals surface area contributed by atoms with Gasteiger partial charge in [-0.3, -0.25) is 9.59 Å². The van der Waals surface area contributed by atoms with E-state index in [4.69, 9.17) is 5.11 Å². The normalized spacial score (nSPS) is 13.4. The molecule has 0 rings (SSSR count). The summed E-state index contributed by atoms with van der Waals surface area (Å²) in [4.78, 5) is 23.0. The molecule has 0 aliphatic heterocycles. The third-order valence-corrected chi connectivity index (χ3v) is 5.44. The summed E-state index contributed by atoms with van der Waals surface area (Å²) in [5.74, 6) is -0.850. The molecule has 1 unspecified atom stereocenters. The standard InChI is InChI=1S/C24H47NO4/c1-4-5-6-7-8-9-10-11-12-13-14-15-16-22(26)24(29)25-21(19-20(2)3)17-18-23(27)28/h20-22,26H,4-19H2,1-3H3,(H,25,29)(H,27,28)/t21-,22?/m1/s1. The van der Waals surface area contributed by atoms with Crippen LogP contribution in [0.15, 0.2) is 0 Å². The molecule has 0 aromatic heterocycles. The molecule has 0 aromatic rings. The fourth-order valence-corrected chi connectivity index (χ4v) is 3.72. The highest BCUT2D eigenvalue weighted by Crippen LogP contribution is 2.14. The minimum Gasteiger partial charge on any atom is -0.481 e. The first kappa shape index (κ1) is 27.9. The molecule has 0 heterocycles. The van der Waals surface area contributed by atoms with Crippen LogP contribution in [0.25, 0.3) is 0 Å². The van der Waals surface area contributed by atoms with Crippen LogP contribution >= 0.6 is 0 Å². The summed E-state index contributed by atoms with van der Waals surface area (Å²) in [5.41, 5.74) is 0. The van der Waals surface area contributed by atoms with Gasteiger partial charge in [-0.15, -0.1) is 0 Å². The lowest BCUT2D eigenvalue weighted by atomic mass is 9.99. The number of unbranched alkanes of at least 4 members (excludes halogenated alkanes) is 11. The molecule has 0 saturated carbocycles. The number of amides is 1. The molecule has 3 N–H and O–H groups in total. The van der Waals surface area contributed by atoms with E-state index in [1.807, 2.05) is 13.8 Å². The molecule has 0 aliphatic carbocycles. The molecular weight excluding hydrogens is 366 g/mol. The zero-order valence-electron chi connectivity index (χ0n) is 19.3. The number of carboxylic acid groups (broad SMARTS) is 1. The molecule has 172 valence electrons. The average molecular weight is 414 g/mol. The number of aliphatic carboxylic acids is 1. The number of rotatable bonds is 20. The van der Waals surface area contributed by atoms with Gasteiger partial charge in [-0.1, -0.05) is 97.8 Å². The molecule has 5 nitrogen and oxygen atoms in total. The van der Waals surface area contributed by atoms with Crippen LogP contribution < -0.4 is 5.32 Å². The average Bonchev–Trinajstić information content (AvgIpc) is 2.66. The molecule has 0 aliphatic rings. The van der Waals surface area contributed by atoms with Crippen molar-refractivity contribution in [2.24, 2.45) is 5.92 Å². The summed E-state index contributed by atoms with van der Waals surface area (Å²) in [7, 11) is 0. The van der Waals surface area contributed by atoms with Gasteiger partial charge in [0.15, 0.2) is 0 Å². The lowest BCUT2D eigenvalue weighted by Crippen LogP contribution is -2.42. The predicted molar refractivity (Wildman–Crippen MR) is 120 cm³/mol. The zero-order chi connectivity index (χ0) is 21.9. The van der Waals surface area contributed by atoms with Crippen LogP contribution in [-0.2, 0) is 9.59 Å². The lowest BCUT2D eigenvalue weighted by molar-refractivity contribution is -0.138. The molecule has 0 spiro atoms. The first-order valence-electron chi connectivity index (χ1n) is 12.1. The number of carboxylic acids is 1. The van der Waals surface area contributed by atoms with E-state index in [2.05, 4.69) is 12.2 Å². The maximum atomic E-state index is 12.2. The van der Waals surface area contributed by atoms with Crippen LogP contribution in [0.5, 0.6) is 0 Å². The van der Waals surface area contributed by atoms with Crippen LogP contribution in [0.4, 0.5) is 0 Å². The Hall–Kier alpha value is -1.10. The van der Waals surface area contributed by atoms with Gasteiger partial charge < -0.3 is 15.5 Å². The van der Waals surface area contributed by atoms with E-state index in [9.17, 15) is 14.7 Å². The number of hydrogen-bond donors (Lipinski definition) is 3. The van der Waals surface area contributed by atoms with E-state index in [-0.39, 0.29) is 18.4 Å². The fourth-order valence-electron chi connectivity index (χ4n) is 3.72. The Balaban J connectivity index is 3.77. The Morgan fingerprint density at radius 1 is 0.793 bits per heavy atom. The maximum Gasteiger partial charge on any atom is 0.303 e. The monoisotopic (exact) mass is 413 g/mol. The number of aliphatic hydroxyl groups is 1. The van der Waals surface area contributed by atoms with Gasteiger partial charge in [0.25, 0.3) is 0 Å². The van der Waals surface area contributed by atoms with Crippen LogP contribution in [0, 0.1) is 5.92 Å². The second-order valence-corrected chi connectivity index (χ2v) is 8.96. The molecule has 5 heteroatoms. The van der Waals surface area contributed by atoms with E-state index < -0.39 is 12.1 Å². The molecule has 0 bridgehead atoms. The molecule has 0 fully saturated rings. The second-order valence-electron chi connectivity index (χ2n) is 8.96. The van der Waals surface area contributed by atoms with Crippen LogP contribution in [-0.4, -0.2) is 34.2 Å². The van der Waals surface area contributed by atoms with Gasteiger partial charge in [0, 0.05) is 12.5 Å². The van der Waals surface area contributed by atoms with Crippen molar-refractivity contribution < 1.29 is 19.8 Å². The summed E-state index contributed by atoms with van der Waals surface area (Å²) in [6.45, 7) is 6.34. The largest absolute Gasteiger partial charge is 0.481 e. The van der Waals surface area contributed by atoms with Gasteiger partial charge in [-0.25, -0.2) is 0 Å². The molecule has 29 heavy (non-hydrogen) atoms. The van der Waals surface area contributed by atoms with Crippen molar-refractivity contribution in [2.45, 2.75) is 136 Å². The van der Waals surface area contributed by atoms with Crippen molar-refractivity contribution in [2.75, 3.05) is 0 Å². The van der Waals surface area contributed by atoms with Gasteiger partial charge in [-0.2, -0.15) is 0 Å². The van der Waals surface area contributed by atoms with Crippen LogP contribution in [0.3, 0.4) is 0 Å². The zero-order valence-corrected chi connectivity index (χ0v) is 19.3. The summed E-state index contributed by atoms with van der Waals surface area (Å²) >= 11 is 0. The van der Waals surface area contributed by atoms with Gasteiger partial charge in [0.1, 0.15) is 6.10 Å². The van der Waals surface area contributed by atoms with Crippen molar-refractivity contribution in [1.29, 1.82) is 0 Å². The van der Waals surface area contributed by atoms with E-state index in [1.165, 1.54) is 64.2 Å². The Bertz CT molecular complexity index is 412. The first-order valence-corrected chi connectivity index (χ1v) is 12.1. The number of carbonyl (C=O) groups excluding carboxylic acids is 1. The maximum absolute atomic E-state index is 12.2. The minimum atomic E-state index is -0.988. The van der Waals surface area contributed by atoms with Crippen molar-refractivity contribution in [3.63, 3.8) is 0 Å². The highest BCUT2D eigenvalue weighted by molar-refractivity contribution is 5.80. The molecule has 0 saturated heterocycles. The fraction of sp³-hybridized carbons (Fsp3) is 0.917. The van der Waals surface area contributed by atoms with E-state index in [0.717, 1.165) is 19.3 Å². The highest BCUT2D eigenvalue weighted by atomic mass is 16.4. The third kappa shape index (κ3) is 18.7. The molecule has 0 radical (unpaired) electrons. The van der Waals surface area contributed by atoms with E-state index in [1.54, 1.807) is 0 Å². The van der Waals surface area contributed by atoms with Crippen molar-refractivity contribution in [3.05, 3.63) is 0 Å². The number of carbonyl (C=O) groups is 2. The molecule has 0 aromatic carbocycles. The van der Waals surface area contributed by atoms with Crippen LogP contribution in [0.1, 0.15) is 124 Å².